The lowest BCUT2D eigenvalue weighted by atomic mass is 9.96. The van der Waals surface area contributed by atoms with E-state index in [-0.39, 0.29) is 23.3 Å². The molecule has 2 heterocycles. The Labute approximate surface area is 131 Å². The van der Waals surface area contributed by atoms with Crippen LogP contribution in [0, 0.1) is 5.92 Å². The van der Waals surface area contributed by atoms with Crippen LogP contribution in [0.5, 0.6) is 0 Å². The van der Waals surface area contributed by atoms with Gasteiger partial charge in [-0.25, -0.2) is 0 Å². The fraction of sp³-hybridized carbons (Fsp3) is 0.688. The van der Waals surface area contributed by atoms with E-state index in [0.717, 1.165) is 12.1 Å². The van der Waals surface area contributed by atoms with Gasteiger partial charge in [0, 0.05) is 19.0 Å². The first-order valence-corrected chi connectivity index (χ1v) is 7.91. The predicted molar refractivity (Wildman–Crippen MR) is 84.4 cm³/mol. The van der Waals surface area contributed by atoms with Crippen LogP contribution in [0.4, 0.5) is 0 Å². The summed E-state index contributed by atoms with van der Waals surface area (Å²) in [6, 6.07) is 0. The smallest absolute Gasteiger partial charge is 0.257 e. The number of likely N-dealkylation sites (tertiary alicyclic amines) is 1. The van der Waals surface area contributed by atoms with Gasteiger partial charge in [-0.2, -0.15) is 5.10 Å². The van der Waals surface area contributed by atoms with Crippen LogP contribution in [-0.2, 0) is 16.8 Å². The maximum absolute atomic E-state index is 12.8. The van der Waals surface area contributed by atoms with E-state index in [1.807, 2.05) is 16.5 Å². The Morgan fingerprint density at radius 1 is 1.32 bits per heavy atom. The topological polar surface area (TPSA) is 81.2 Å². The molecule has 0 unspecified atom stereocenters. The monoisotopic (exact) mass is 306 g/mol. The Balaban J connectivity index is 2.17. The summed E-state index contributed by atoms with van der Waals surface area (Å²) in [6.45, 7) is 9.42. The number of amides is 2. The third-order valence-corrected chi connectivity index (χ3v) is 4.25. The second-order valence-corrected chi connectivity index (χ2v) is 6.91. The minimum atomic E-state index is -0.262. The number of carbonyl (C=O) groups is 2. The van der Waals surface area contributed by atoms with Crippen LogP contribution in [-0.4, -0.2) is 39.6 Å². The molecule has 1 aliphatic rings. The average Bonchev–Trinajstić information content (AvgIpc) is 2.90. The molecule has 0 aromatic carbocycles. The van der Waals surface area contributed by atoms with Crippen molar-refractivity contribution < 1.29 is 9.59 Å². The van der Waals surface area contributed by atoms with Crippen molar-refractivity contribution in [2.45, 2.75) is 52.5 Å². The van der Waals surface area contributed by atoms with Gasteiger partial charge in [0.25, 0.3) is 5.91 Å². The third-order valence-electron chi connectivity index (χ3n) is 4.25. The molecule has 1 aromatic heterocycles. The fourth-order valence-corrected chi connectivity index (χ4v) is 3.01. The lowest BCUT2D eigenvalue weighted by Gasteiger charge is -2.30. The second-order valence-electron chi connectivity index (χ2n) is 6.91. The molecule has 2 N–H and O–H groups in total. The minimum Gasteiger partial charge on any atom is -0.369 e. The van der Waals surface area contributed by atoms with E-state index in [1.54, 1.807) is 6.20 Å². The SMILES string of the molecule is CCc1c(C(=O)N2CCC(C(N)=O)CC2)cnn1C(C)(C)C. The summed E-state index contributed by atoms with van der Waals surface area (Å²) < 4.78 is 1.93. The summed E-state index contributed by atoms with van der Waals surface area (Å²) in [6.07, 6.45) is 3.73. The lowest BCUT2D eigenvalue weighted by molar-refractivity contribution is -0.123. The molecule has 22 heavy (non-hydrogen) atoms. The summed E-state index contributed by atoms with van der Waals surface area (Å²) in [7, 11) is 0. The van der Waals surface area contributed by atoms with Crippen molar-refractivity contribution in [3.63, 3.8) is 0 Å². The number of nitrogens with zero attached hydrogens (tertiary/aromatic N) is 3. The molecule has 0 spiro atoms. The van der Waals surface area contributed by atoms with E-state index in [4.69, 9.17) is 5.73 Å². The van der Waals surface area contributed by atoms with Crippen LogP contribution >= 0.6 is 0 Å². The number of aromatic nitrogens is 2. The van der Waals surface area contributed by atoms with Crippen molar-refractivity contribution in [2.24, 2.45) is 11.7 Å². The van der Waals surface area contributed by atoms with Gasteiger partial charge in [-0.1, -0.05) is 6.92 Å². The molecule has 2 rings (SSSR count). The zero-order valence-electron chi connectivity index (χ0n) is 13.9. The zero-order valence-corrected chi connectivity index (χ0v) is 13.9. The second kappa shape index (κ2) is 6.10. The number of carbonyl (C=O) groups excluding carboxylic acids is 2. The first kappa shape index (κ1) is 16.5. The molecule has 122 valence electrons. The maximum Gasteiger partial charge on any atom is 0.257 e. The Bertz CT molecular complexity index is 563. The summed E-state index contributed by atoms with van der Waals surface area (Å²) in [4.78, 5) is 25.8. The van der Waals surface area contributed by atoms with Crippen LogP contribution in [0.3, 0.4) is 0 Å². The molecule has 0 radical (unpaired) electrons. The highest BCUT2D eigenvalue weighted by molar-refractivity contribution is 5.95. The predicted octanol–water partition coefficient (Wildman–Crippen LogP) is 1.54. The average molecular weight is 306 g/mol. The van der Waals surface area contributed by atoms with Crippen molar-refractivity contribution in [2.75, 3.05) is 13.1 Å². The Hall–Kier alpha value is -1.85. The van der Waals surface area contributed by atoms with Crippen molar-refractivity contribution in [3.05, 3.63) is 17.5 Å². The quantitative estimate of drug-likeness (QED) is 0.919. The Morgan fingerprint density at radius 2 is 1.91 bits per heavy atom. The standard InChI is InChI=1S/C16H26N4O2/c1-5-13-12(10-18-20(13)16(2,3)4)15(22)19-8-6-11(7-9-19)14(17)21/h10-11H,5-9H2,1-4H3,(H2,17,21). The Kier molecular flexibility index (Phi) is 4.58. The van der Waals surface area contributed by atoms with Crippen LogP contribution < -0.4 is 5.73 Å². The molecular weight excluding hydrogens is 280 g/mol. The van der Waals surface area contributed by atoms with E-state index in [2.05, 4.69) is 25.9 Å². The van der Waals surface area contributed by atoms with Gasteiger partial charge in [0.1, 0.15) is 0 Å². The van der Waals surface area contributed by atoms with E-state index >= 15 is 0 Å². The molecule has 1 aliphatic heterocycles. The fourth-order valence-electron chi connectivity index (χ4n) is 3.01. The zero-order chi connectivity index (χ0) is 16.5. The van der Waals surface area contributed by atoms with Crippen LogP contribution in [0.15, 0.2) is 6.20 Å². The molecule has 1 aromatic rings. The molecule has 1 fully saturated rings. The van der Waals surface area contributed by atoms with Crippen LogP contribution in [0.2, 0.25) is 0 Å². The number of primary amides is 1. The number of hydrogen-bond donors (Lipinski definition) is 1. The maximum atomic E-state index is 12.8. The molecular formula is C16H26N4O2. The molecule has 1 saturated heterocycles. The van der Waals surface area contributed by atoms with E-state index in [9.17, 15) is 9.59 Å². The van der Waals surface area contributed by atoms with Gasteiger partial charge in [-0.3, -0.25) is 14.3 Å². The number of nitrogens with two attached hydrogens (primary N) is 1. The third kappa shape index (κ3) is 3.15. The highest BCUT2D eigenvalue weighted by Crippen LogP contribution is 2.23. The highest BCUT2D eigenvalue weighted by atomic mass is 16.2. The van der Waals surface area contributed by atoms with Gasteiger partial charge in [-0.05, 0) is 40.0 Å². The summed E-state index contributed by atoms with van der Waals surface area (Å²) in [5.41, 5.74) is 6.83. The molecule has 0 saturated carbocycles. The molecule has 0 bridgehead atoms. The largest absolute Gasteiger partial charge is 0.369 e. The van der Waals surface area contributed by atoms with E-state index in [1.165, 1.54) is 0 Å². The van der Waals surface area contributed by atoms with Gasteiger partial charge < -0.3 is 10.6 Å². The summed E-state index contributed by atoms with van der Waals surface area (Å²) in [5, 5.41) is 4.41. The number of piperidine rings is 1. The number of rotatable bonds is 3. The van der Waals surface area contributed by atoms with Crippen LogP contribution in [0.1, 0.15) is 56.6 Å². The van der Waals surface area contributed by atoms with Gasteiger partial charge in [-0.15, -0.1) is 0 Å². The van der Waals surface area contributed by atoms with Crippen molar-refractivity contribution in [1.82, 2.24) is 14.7 Å². The highest BCUT2D eigenvalue weighted by Gasteiger charge is 2.29. The molecule has 6 nitrogen and oxygen atoms in total. The normalized spacial score (nSPS) is 16.8. The van der Waals surface area contributed by atoms with Crippen molar-refractivity contribution >= 4 is 11.8 Å². The Morgan fingerprint density at radius 3 is 2.36 bits per heavy atom. The summed E-state index contributed by atoms with van der Waals surface area (Å²) >= 11 is 0. The minimum absolute atomic E-state index is 0.00951. The molecule has 6 heteroatoms. The lowest BCUT2D eigenvalue weighted by Crippen LogP contribution is -2.42. The molecule has 2 amide bonds. The van der Waals surface area contributed by atoms with Gasteiger partial charge >= 0.3 is 0 Å². The van der Waals surface area contributed by atoms with Gasteiger partial charge in [0.15, 0.2) is 0 Å². The molecule has 0 aliphatic carbocycles. The molecule has 0 atom stereocenters. The van der Waals surface area contributed by atoms with Crippen molar-refractivity contribution in [3.8, 4) is 0 Å². The summed E-state index contributed by atoms with van der Waals surface area (Å²) in [5.74, 6) is -0.357. The van der Waals surface area contributed by atoms with E-state index in [0.29, 0.717) is 31.5 Å². The first-order valence-electron chi connectivity index (χ1n) is 7.91. The van der Waals surface area contributed by atoms with E-state index < -0.39 is 0 Å². The van der Waals surface area contributed by atoms with Gasteiger partial charge in [0.2, 0.25) is 5.91 Å². The number of hydrogen-bond acceptors (Lipinski definition) is 3. The van der Waals surface area contributed by atoms with Gasteiger partial charge in [0.05, 0.1) is 23.0 Å². The van der Waals surface area contributed by atoms with Crippen molar-refractivity contribution in [1.29, 1.82) is 0 Å². The first-order chi connectivity index (χ1) is 10.3. The van der Waals surface area contributed by atoms with Crippen LogP contribution in [0.25, 0.3) is 0 Å².